The lowest BCUT2D eigenvalue weighted by Crippen LogP contribution is -2.26. The highest BCUT2D eigenvalue weighted by Gasteiger charge is 2.25. The highest BCUT2D eigenvalue weighted by atomic mass is 16.5. The van der Waals surface area contributed by atoms with Crippen LogP contribution in [-0.4, -0.2) is 24.6 Å². The normalized spacial score (nSPS) is 15.5. The SMILES string of the molecule is COC(C)(C)CC(=O)c1cccc(OC2CC2)c1. The van der Waals surface area contributed by atoms with Crippen LogP contribution in [0.3, 0.4) is 0 Å². The summed E-state index contributed by atoms with van der Waals surface area (Å²) in [6.07, 6.45) is 2.96. The molecule has 18 heavy (non-hydrogen) atoms. The number of carbonyl (C=O) groups is 1. The number of carbonyl (C=O) groups excluding carboxylic acids is 1. The maximum atomic E-state index is 12.1. The minimum Gasteiger partial charge on any atom is -0.490 e. The van der Waals surface area contributed by atoms with Crippen molar-refractivity contribution in [2.45, 2.75) is 44.8 Å². The highest BCUT2D eigenvalue weighted by Crippen LogP contribution is 2.27. The van der Waals surface area contributed by atoms with E-state index in [2.05, 4.69) is 0 Å². The standard InChI is InChI=1S/C15H20O3/c1-15(2,17-3)10-14(16)11-5-4-6-13(9-11)18-12-7-8-12/h4-6,9,12H,7-8,10H2,1-3H3. The summed E-state index contributed by atoms with van der Waals surface area (Å²) < 4.78 is 11.0. The van der Waals surface area contributed by atoms with E-state index in [1.807, 2.05) is 38.1 Å². The maximum Gasteiger partial charge on any atom is 0.165 e. The molecule has 0 radical (unpaired) electrons. The molecule has 1 aliphatic rings. The zero-order chi connectivity index (χ0) is 13.2. The molecule has 1 aliphatic carbocycles. The first-order chi connectivity index (χ1) is 8.50. The number of rotatable bonds is 6. The van der Waals surface area contributed by atoms with E-state index in [1.165, 1.54) is 0 Å². The second kappa shape index (κ2) is 5.11. The Labute approximate surface area is 108 Å². The van der Waals surface area contributed by atoms with E-state index >= 15 is 0 Å². The number of hydrogen-bond donors (Lipinski definition) is 0. The van der Waals surface area contributed by atoms with E-state index in [0.717, 1.165) is 18.6 Å². The first-order valence-corrected chi connectivity index (χ1v) is 6.35. The van der Waals surface area contributed by atoms with E-state index in [9.17, 15) is 4.79 Å². The molecule has 3 heteroatoms. The second-order valence-corrected chi connectivity index (χ2v) is 5.41. The molecule has 0 bridgehead atoms. The van der Waals surface area contributed by atoms with Gasteiger partial charge in [0, 0.05) is 19.1 Å². The van der Waals surface area contributed by atoms with Crippen LogP contribution >= 0.6 is 0 Å². The van der Waals surface area contributed by atoms with Crippen molar-refractivity contribution < 1.29 is 14.3 Å². The summed E-state index contributed by atoms with van der Waals surface area (Å²) in [6, 6.07) is 7.42. The Morgan fingerprint density at radius 3 is 2.72 bits per heavy atom. The quantitative estimate of drug-likeness (QED) is 0.725. The molecule has 1 saturated carbocycles. The van der Waals surface area contributed by atoms with Gasteiger partial charge in [0.25, 0.3) is 0 Å². The van der Waals surface area contributed by atoms with Gasteiger partial charge in [-0.3, -0.25) is 4.79 Å². The summed E-state index contributed by atoms with van der Waals surface area (Å²) in [5, 5.41) is 0. The summed E-state index contributed by atoms with van der Waals surface area (Å²) in [4.78, 5) is 12.1. The van der Waals surface area contributed by atoms with Crippen molar-refractivity contribution in [3.8, 4) is 5.75 Å². The highest BCUT2D eigenvalue weighted by molar-refractivity contribution is 5.97. The number of methoxy groups -OCH3 is 1. The van der Waals surface area contributed by atoms with Gasteiger partial charge in [-0.25, -0.2) is 0 Å². The van der Waals surface area contributed by atoms with Crippen LogP contribution in [0, 0.1) is 0 Å². The van der Waals surface area contributed by atoms with E-state index < -0.39 is 5.60 Å². The summed E-state index contributed by atoms with van der Waals surface area (Å²) in [7, 11) is 1.62. The monoisotopic (exact) mass is 248 g/mol. The first-order valence-electron chi connectivity index (χ1n) is 6.35. The molecule has 0 unspecified atom stereocenters. The predicted octanol–water partition coefficient (Wildman–Crippen LogP) is 3.23. The van der Waals surface area contributed by atoms with Gasteiger partial charge in [0.1, 0.15) is 5.75 Å². The molecule has 0 aliphatic heterocycles. The lowest BCUT2D eigenvalue weighted by Gasteiger charge is -2.21. The smallest absolute Gasteiger partial charge is 0.165 e. The van der Waals surface area contributed by atoms with Crippen LogP contribution in [0.4, 0.5) is 0 Å². The summed E-state index contributed by atoms with van der Waals surface area (Å²) >= 11 is 0. The Balaban J connectivity index is 2.04. The Hall–Kier alpha value is -1.35. The molecule has 3 nitrogen and oxygen atoms in total. The van der Waals surface area contributed by atoms with Crippen molar-refractivity contribution in [2.24, 2.45) is 0 Å². The molecule has 0 atom stereocenters. The van der Waals surface area contributed by atoms with Gasteiger partial charge in [-0.15, -0.1) is 0 Å². The number of ketones is 1. The Kier molecular flexibility index (Phi) is 3.71. The molecule has 0 aromatic heterocycles. The van der Waals surface area contributed by atoms with Crippen LogP contribution in [0.5, 0.6) is 5.75 Å². The molecule has 0 saturated heterocycles. The zero-order valence-electron chi connectivity index (χ0n) is 11.2. The molecule has 2 rings (SSSR count). The molecule has 0 spiro atoms. The minimum absolute atomic E-state index is 0.0862. The molecule has 0 N–H and O–H groups in total. The zero-order valence-corrected chi connectivity index (χ0v) is 11.2. The van der Waals surface area contributed by atoms with Gasteiger partial charge in [-0.1, -0.05) is 12.1 Å². The fourth-order valence-corrected chi connectivity index (χ4v) is 1.68. The Morgan fingerprint density at radius 2 is 2.11 bits per heavy atom. The lowest BCUT2D eigenvalue weighted by atomic mass is 9.97. The number of benzene rings is 1. The third-order valence-electron chi connectivity index (χ3n) is 3.12. The summed E-state index contributed by atoms with van der Waals surface area (Å²) in [6.45, 7) is 3.82. The molecular formula is C15H20O3. The fourth-order valence-electron chi connectivity index (χ4n) is 1.68. The van der Waals surface area contributed by atoms with E-state index in [0.29, 0.717) is 18.1 Å². The van der Waals surface area contributed by atoms with Crippen molar-refractivity contribution in [3.05, 3.63) is 29.8 Å². The van der Waals surface area contributed by atoms with E-state index in [-0.39, 0.29) is 5.78 Å². The van der Waals surface area contributed by atoms with Gasteiger partial charge >= 0.3 is 0 Å². The van der Waals surface area contributed by atoms with Crippen molar-refractivity contribution in [3.63, 3.8) is 0 Å². The number of Topliss-reactive ketones (excluding diaryl/α,β-unsaturated/α-hetero) is 1. The average molecular weight is 248 g/mol. The van der Waals surface area contributed by atoms with Crippen LogP contribution in [0.1, 0.15) is 43.5 Å². The summed E-state index contributed by atoms with van der Waals surface area (Å²) in [5.74, 6) is 0.877. The minimum atomic E-state index is -0.426. The molecule has 1 fully saturated rings. The van der Waals surface area contributed by atoms with Gasteiger partial charge in [-0.05, 0) is 38.8 Å². The molecule has 1 aromatic rings. The average Bonchev–Trinajstić information content (AvgIpc) is 3.13. The Morgan fingerprint density at radius 1 is 1.39 bits per heavy atom. The fraction of sp³-hybridized carbons (Fsp3) is 0.533. The lowest BCUT2D eigenvalue weighted by molar-refractivity contribution is 0.0172. The van der Waals surface area contributed by atoms with E-state index in [4.69, 9.17) is 9.47 Å². The largest absolute Gasteiger partial charge is 0.490 e. The maximum absolute atomic E-state index is 12.1. The van der Waals surface area contributed by atoms with Crippen LogP contribution in [0.2, 0.25) is 0 Å². The van der Waals surface area contributed by atoms with Gasteiger partial charge in [0.15, 0.2) is 5.78 Å². The van der Waals surface area contributed by atoms with Gasteiger partial charge in [0.05, 0.1) is 11.7 Å². The van der Waals surface area contributed by atoms with Crippen LogP contribution in [-0.2, 0) is 4.74 Å². The third kappa shape index (κ3) is 3.57. The van der Waals surface area contributed by atoms with Gasteiger partial charge < -0.3 is 9.47 Å². The number of hydrogen-bond acceptors (Lipinski definition) is 3. The molecular weight excluding hydrogens is 228 g/mol. The van der Waals surface area contributed by atoms with Gasteiger partial charge in [0.2, 0.25) is 0 Å². The van der Waals surface area contributed by atoms with Crippen molar-refractivity contribution in [1.29, 1.82) is 0 Å². The molecule has 98 valence electrons. The van der Waals surface area contributed by atoms with Crippen LogP contribution in [0.15, 0.2) is 24.3 Å². The molecule has 0 heterocycles. The summed E-state index contributed by atoms with van der Waals surface area (Å²) in [5.41, 5.74) is 0.267. The first kappa shape index (κ1) is 13.1. The Bertz CT molecular complexity index is 433. The predicted molar refractivity (Wildman–Crippen MR) is 70.1 cm³/mol. The van der Waals surface area contributed by atoms with Crippen LogP contribution < -0.4 is 4.74 Å². The van der Waals surface area contributed by atoms with Crippen LogP contribution in [0.25, 0.3) is 0 Å². The van der Waals surface area contributed by atoms with E-state index in [1.54, 1.807) is 7.11 Å². The van der Waals surface area contributed by atoms with Crippen molar-refractivity contribution >= 4 is 5.78 Å². The van der Waals surface area contributed by atoms with Gasteiger partial charge in [-0.2, -0.15) is 0 Å². The third-order valence-corrected chi connectivity index (χ3v) is 3.12. The number of ether oxygens (including phenoxy) is 2. The second-order valence-electron chi connectivity index (χ2n) is 5.41. The van der Waals surface area contributed by atoms with Crippen molar-refractivity contribution in [2.75, 3.05) is 7.11 Å². The topological polar surface area (TPSA) is 35.5 Å². The molecule has 1 aromatic carbocycles. The molecule has 0 amide bonds. The van der Waals surface area contributed by atoms with Crippen molar-refractivity contribution in [1.82, 2.24) is 0 Å².